The van der Waals surface area contributed by atoms with Crippen LogP contribution in [0.5, 0.6) is 0 Å². The molecule has 146 valence electrons. The minimum atomic E-state index is 0.261. The van der Waals surface area contributed by atoms with Crippen LogP contribution in [0.25, 0.3) is 0 Å². The Labute approximate surface area is 153 Å². The Hall–Kier alpha value is -0.850. The lowest BCUT2D eigenvalue weighted by Crippen LogP contribution is -2.60. The lowest BCUT2D eigenvalue weighted by molar-refractivity contribution is -0.0352. The molecule has 2 rings (SSSR count). The lowest BCUT2D eigenvalue weighted by Gasteiger charge is -2.48. The molecule has 0 spiro atoms. The Morgan fingerprint density at radius 1 is 1.12 bits per heavy atom. The van der Waals surface area contributed by atoms with E-state index in [1.54, 1.807) is 0 Å². The number of hydrogen-bond acceptors (Lipinski definition) is 4. The van der Waals surface area contributed by atoms with Crippen molar-refractivity contribution in [3.8, 4) is 0 Å². The predicted molar refractivity (Wildman–Crippen MR) is 103 cm³/mol. The molecular formula is C19H38N4O2. The van der Waals surface area contributed by atoms with Crippen molar-refractivity contribution in [3.05, 3.63) is 0 Å². The monoisotopic (exact) mass is 354 g/mol. The second-order valence-corrected chi connectivity index (χ2v) is 7.20. The maximum absolute atomic E-state index is 5.61. The molecule has 0 radical (unpaired) electrons. The molecule has 0 aromatic carbocycles. The highest BCUT2D eigenvalue weighted by molar-refractivity contribution is 5.79. The zero-order chi connectivity index (χ0) is 17.8. The first-order chi connectivity index (χ1) is 12.3. The molecule has 25 heavy (non-hydrogen) atoms. The summed E-state index contributed by atoms with van der Waals surface area (Å²) in [7, 11) is 1.84. The summed E-state index contributed by atoms with van der Waals surface area (Å²) in [4.78, 5) is 7.03. The van der Waals surface area contributed by atoms with Crippen LogP contribution >= 0.6 is 0 Å². The van der Waals surface area contributed by atoms with Crippen molar-refractivity contribution in [2.75, 3.05) is 59.7 Å². The van der Waals surface area contributed by atoms with Gasteiger partial charge in [0.1, 0.15) is 0 Å². The topological polar surface area (TPSA) is 58.1 Å². The molecule has 0 aromatic heterocycles. The van der Waals surface area contributed by atoms with E-state index in [0.717, 1.165) is 65.0 Å². The summed E-state index contributed by atoms with van der Waals surface area (Å²) in [6.07, 6.45) is 8.89. The smallest absolute Gasteiger partial charge is 0.191 e. The first-order valence-electron chi connectivity index (χ1n) is 10.2. The summed E-state index contributed by atoms with van der Waals surface area (Å²) in [6.45, 7) is 9.37. The van der Waals surface area contributed by atoms with Gasteiger partial charge in [0.25, 0.3) is 0 Å². The molecule has 1 aliphatic heterocycles. The molecule has 0 unspecified atom stereocenters. The summed E-state index contributed by atoms with van der Waals surface area (Å²) < 4.78 is 11.2. The van der Waals surface area contributed by atoms with Gasteiger partial charge in [0.05, 0.1) is 19.8 Å². The van der Waals surface area contributed by atoms with Gasteiger partial charge in [-0.1, -0.05) is 32.6 Å². The van der Waals surface area contributed by atoms with E-state index in [9.17, 15) is 0 Å². The van der Waals surface area contributed by atoms with Crippen LogP contribution in [0.1, 0.15) is 51.9 Å². The van der Waals surface area contributed by atoms with E-state index in [4.69, 9.17) is 9.47 Å². The SMILES string of the molecule is CCCCOCCNC(=NC)NCC1(N2CCOCC2)CCCCC1. The molecule has 1 saturated carbocycles. The van der Waals surface area contributed by atoms with E-state index in [0.29, 0.717) is 0 Å². The fraction of sp³-hybridized carbons (Fsp3) is 0.947. The second kappa shape index (κ2) is 11.7. The Bertz CT molecular complexity index is 378. The summed E-state index contributed by atoms with van der Waals surface area (Å²) in [5.41, 5.74) is 0.261. The largest absolute Gasteiger partial charge is 0.380 e. The van der Waals surface area contributed by atoms with Gasteiger partial charge < -0.3 is 20.1 Å². The number of rotatable bonds is 9. The van der Waals surface area contributed by atoms with Crippen molar-refractivity contribution in [2.45, 2.75) is 57.4 Å². The van der Waals surface area contributed by atoms with Crippen LogP contribution in [0.3, 0.4) is 0 Å². The van der Waals surface area contributed by atoms with Crippen molar-refractivity contribution < 1.29 is 9.47 Å². The van der Waals surface area contributed by atoms with Gasteiger partial charge in [-0.15, -0.1) is 0 Å². The van der Waals surface area contributed by atoms with Gasteiger partial charge in [-0.2, -0.15) is 0 Å². The molecule has 6 nitrogen and oxygen atoms in total. The molecule has 0 amide bonds. The molecule has 2 fully saturated rings. The van der Waals surface area contributed by atoms with Crippen molar-refractivity contribution in [1.29, 1.82) is 0 Å². The van der Waals surface area contributed by atoms with Crippen LogP contribution in [0, 0.1) is 0 Å². The van der Waals surface area contributed by atoms with E-state index < -0.39 is 0 Å². The third-order valence-corrected chi connectivity index (χ3v) is 5.46. The molecular weight excluding hydrogens is 316 g/mol. The first-order valence-corrected chi connectivity index (χ1v) is 10.2. The third kappa shape index (κ3) is 6.76. The number of aliphatic imine (C=N–C) groups is 1. The summed E-state index contributed by atoms with van der Waals surface area (Å²) >= 11 is 0. The normalized spacial score (nSPS) is 21.9. The van der Waals surface area contributed by atoms with Crippen LogP contribution in [0.2, 0.25) is 0 Å². The Morgan fingerprint density at radius 2 is 1.88 bits per heavy atom. The fourth-order valence-corrected chi connectivity index (χ4v) is 3.91. The summed E-state index contributed by atoms with van der Waals surface area (Å²) in [5.74, 6) is 0.886. The average Bonchev–Trinajstić information content (AvgIpc) is 2.68. The van der Waals surface area contributed by atoms with Gasteiger partial charge in [0, 0.05) is 45.4 Å². The van der Waals surface area contributed by atoms with Crippen molar-refractivity contribution in [1.82, 2.24) is 15.5 Å². The Morgan fingerprint density at radius 3 is 2.56 bits per heavy atom. The van der Waals surface area contributed by atoms with Crippen molar-refractivity contribution >= 4 is 5.96 Å². The average molecular weight is 355 g/mol. The van der Waals surface area contributed by atoms with Gasteiger partial charge >= 0.3 is 0 Å². The molecule has 1 heterocycles. The summed E-state index contributed by atoms with van der Waals surface area (Å²) in [6, 6.07) is 0. The molecule has 2 N–H and O–H groups in total. The zero-order valence-corrected chi connectivity index (χ0v) is 16.3. The molecule has 2 aliphatic rings. The van der Waals surface area contributed by atoms with E-state index in [1.165, 1.54) is 38.5 Å². The molecule has 6 heteroatoms. The van der Waals surface area contributed by atoms with Gasteiger partial charge in [-0.25, -0.2) is 0 Å². The van der Waals surface area contributed by atoms with Crippen molar-refractivity contribution in [2.24, 2.45) is 4.99 Å². The lowest BCUT2D eigenvalue weighted by atomic mass is 9.80. The van der Waals surface area contributed by atoms with E-state index in [-0.39, 0.29) is 5.54 Å². The number of nitrogens with one attached hydrogen (secondary N) is 2. The number of guanidine groups is 1. The molecule has 0 atom stereocenters. The number of morpholine rings is 1. The van der Waals surface area contributed by atoms with Crippen LogP contribution in [-0.4, -0.2) is 76.1 Å². The van der Waals surface area contributed by atoms with Crippen LogP contribution in [-0.2, 0) is 9.47 Å². The molecule has 0 bridgehead atoms. The summed E-state index contributed by atoms with van der Waals surface area (Å²) in [5, 5.41) is 6.96. The minimum absolute atomic E-state index is 0.261. The highest BCUT2D eigenvalue weighted by Gasteiger charge is 2.38. The van der Waals surface area contributed by atoms with Gasteiger partial charge in [0.2, 0.25) is 0 Å². The maximum Gasteiger partial charge on any atom is 0.191 e. The molecule has 1 saturated heterocycles. The molecule has 1 aliphatic carbocycles. The Kier molecular flexibility index (Phi) is 9.58. The standard InChI is InChI=1S/C19H38N4O2/c1-3-4-13-24-14-10-21-18(20-2)22-17-19(8-6-5-7-9-19)23-11-15-25-16-12-23/h3-17H2,1-2H3,(H2,20,21,22). The number of hydrogen-bond donors (Lipinski definition) is 2. The second-order valence-electron chi connectivity index (χ2n) is 7.20. The Balaban J connectivity index is 1.77. The fourth-order valence-electron chi connectivity index (χ4n) is 3.91. The molecule has 0 aromatic rings. The zero-order valence-electron chi connectivity index (χ0n) is 16.3. The number of nitrogens with zero attached hydrogens (tertiary/aromatic N) is 2. The van der Waals surface area contributed by atoms with Crippen LogP contribution < -0.4 is 10.6 Å². The highest BCUT2D eigenvalue weighted by Crippen LogP contribution is 2.33. The predicted octanol–water partition coefficient (Wildman–Crippen LogP) is 2.00. The minimum Gasteiger partial charge on any atom is -0.380 e. The van der Waals surface area contributed by atoms with Gasteiger partial charge in [-0.3, -0.25) is 9.89 Å². The van der Waals surface area contributed by atoms with E-state index >= 15 is 0 Å². The van der Waals surface area contributed by atoms with Crippen LogP contribution in [0.15, 0.2) is 4.99 Å². The maximum atomic E-state index is 5.61. The van der Waals surface area contributed by atoms with Crippen molar-refractivity contribution in [3.63, 3.8) is 0 Å². The van der Waals surface area contributed by atoms with E-state index in [1.807, 2.05) is 7.05 Å². The van der Waals surface area contributed by atoms with E-state index in [2.05, 4.69) is 27.4 Å². The number of ether oxygens (including phenoxy) is 2. The number of unbranched alkanes of at least 4 members (excludes halogenated alkanes) is 1. The third-order valence-electron chi connectivity index (χ3n) is 5.46. The highest BCUT2D eigenvalue weighted by atomic mass is 16.5. The quantitative estimate of drug-likeness (QED) is 0.377. The van der Waals surface area contributed by atoms with Crippen LogP contribution in [0.4, 0.5) is 0 Å². The van der Waals surface area contributed by atoms with Gasteiger partial charge in [0.15, 0.2) is 5.96 Å². The first kappa shape index (κ1) is 20.5. The van der Waals surface area contributed by atoms with Gasteiger partial charge in [-0.05, 0) is 19.3 Å².